The van der Waals surface area contributed by atoms with E-state index >= 15 is 0 Å². The van der Waals surface area contributed by atoms with Crippen LogP contribution in [0.15, 0.2) is 0 Å². The van der Waals surface area contributed by atoms with Gasteiger partial charge in [0.2, 0.25) is 5.91 Å². The minimum atomic E-state index is -0.967. The summed E-state index contributed by atoms with van der Waals surface area (Å²) in [6.45, 7) is 5.80. The van der Waals surface area contributed by atoms with Crippen LogP contribution in [0.1, 0.15) is 40.0 Å². The first-order valence-corrected chi connectivity index (χ1v) is 4.99. The number of amides is 1. The molecule has 0 heterocycles. The monoisotopic (exact) mass is 201 g/mol. The summed E-state index contributed by atoms with van der Waals surface area (Å²) in [5.41, 5.74) is 0. The van der Waals surface area contributed by atoms with Crippen molar-refractivity contribution in [3.05, 3.63) is 0 Å². The Hall–Kier alpha value is -1.06. The lowest BCUT2D eigenvalue weighted by Gasteiger charge is -2.12. The Kier molecular flexibility index (Phi) is 5.92. The smallest absolute Gasteiger partial charge is 0.326 e. The van der Waals surface area contributed by atoms with Crippen molar-refractivity contribution >= 4 is 11.9 Å². The van der Waals surface area contributed by atoms with E-state index in [4.69, 9.17) is 5.11 Å². The molecule has 0 aliphatic rings. The zero-order valence-electron chi connectivity index (χ0n) is 9.04. The molecule has 4 nitrogen and oxygen atoms in total. The highest BCUT2D eigenvalue weighted by Crippen LogP contribution is 2.03. The topological polar surface area (TPSA) is 66.4 Å². The molecule has 0 radical (unpaired) electrons. The second-order valence-electron chi connectivity index (χ2n) is 3.80. The highest BCUT2D eigenvalue weighted by Gasteiger charge is 2.16. The van der Waals surface area contributed by atoms with Gasteiger partial charge in [0.25, 0.3) is 0 Å². The number of hydrogen-bond donors (Lipinski definition) is 2. The second kappa shape index (κ2) is 6.40. The molecule has 0 saturated carbocycles. The summed E-state index contributed by atoms with van der Waals surface area (Å²) in [7, 11) is 0. The summed E-state index contributed by atoms with van der Waals surface area (Å²) >= 11 is 0. The van der Waals surface area contributed by atoms with Gasteiger partial charge in [-0.15, -0.1) is 0 Å². The van der Waals surface area contributed by atoms with Gasteiger partial charge in [0.15, 0.2) is 0 Å². The van der Waals surface area contributed by atoms with Gasteiger partial charge in [0.1, 0.15) is 6.04 Å². The molecule has 0 rings (SSSR count). The van der Waals surface area contributed by atoms with Crippen LogP contribution in [0.5, 0.6) is 0 Å². The Bertz CT molecular complexity index is 202. The molecule has 0 aromatic rings. The Morgan fingerprint density at radius 3 is 2.29 bits per heavy atom. The van der Waals surface area contributed by atoms with Crippen molar-refractivity contribution in [3.8, 4) is 0 Å². The Morgan fingerprint density at radius 1 is 1.36 bits per heavy atom. The average Bonchev–Trinajstić information content (AvgIpc) is 2.10. The number of rotatable bonds is 6. The van der Waals surface area contributed by atoms with E-state index in [1.165, 1.54) is 0 Å². The minimum absolute atomic E-state index is 0.173. The molecule has 1 amide bonds. The molecular weight excluding hydrogens is 182 g/mol. The molecule has 14 heavy (non-hydrogen) atoms. The molecule has 0 bridgehead atoms. The maximum absolute atomic E-state index is 11.2. The van der Waals surface area contributed by atoms with Crippen molar-refractivity contribution in [1.82, 2.24) is 5.32 Å². The maximum Gasteiger partial charge on any atom is 0.326 e. The van der Waals surface area contributed by atoms with Crippen molar-refractivity contribution in [1.29, 1.82) is 0 Å². The number of nitrogens with one attached hydrogen (secondary N) is 1. The lowest BCUT2D eigenvalue weighted by atomic mass is 10.1. The highest BCUT2D eigenvalue weighted by molar-refractivity contribution is 5.83. The van der Waals surface area contributed by atoms with E-state index in [2.05, 4.69) is 5.32 Å². The van der Waals surface area contributed by atoms with Crippen LogP contribution in [0.2, 0.25) is 0 Å². The number of aliphatic carboxylic acids is 1. The summed E-state index contributed by atoms with van der Waals surface area (Å²) in [6, 6.07) is -0.741. The molecule has 0 aliphatic carbocycles. The van der Waals surface area contributed by atoms with E-state index < -0.39 is 12.0 Å². The van der Waals surface area contributed by atoms with Crippen LogP contribution in [0.3, 0.4) is 0 Å². The predicted octanol–water partition coefficient (Wildman–Crippen LogP) is 1.40. The number of carbonyl (C=O) groups excluding carboxylic acids is 1. The van der Waals surface area contributed by atoms with E-state index in [9.17, 15) is 9.59 Å². The number of carbonyl (C=O) groups is 2. The van der Waals surface area contributed by atoms with Crippen molar-refractivity contribution in [2.24, 2.45) is 5.92 Å². The lowest BCUT2D eigenvalue weighted by Crippen LogP contribution is -2.40. The molecule has 0 fully saturated rings. The fraction of sp³-hybridized carbons (Fsp3) is 0.800. The van der Waals surface area contributed by atoms with Gasteiger partial charge < -0.3 is 10.4 Å². The van der Waals surface area contributed by atoms with Crippen LogP contribution in [0, 0.1) is 5.92 Å². The molecule has 4 heteroatoms. The van der Waals surface area contributed by atoms with Gasteiger partial charge in [0, 0.05) is 6.42 Å². The third kappa shape index (κ3) is 5.56. The van der Waals surface area contributed by atoms with Gasteiger partial charge in [-0.2, -0.15) is 0 Å². The summed E-state index contributed by atoms with van der Waals surface area (Å²) in [6.07, 6.45) is 1.62. The number of carboxylic acid groups (broad SMARTS) is 1. The lowest BCUT2D eigenvalue weighted by molar-refractivity contribution is -0.141. The van der Waals surface area contributed by atoms with Crippen molar-refractivity contribution < 1.29 is 14.7 Å². The fourth-order valence-corrected chi connectivity index (χ4v) is 1.02. The zero-order chi connectivity index (χ0) is 11.1. The quantitative estimate of drug-likeness (QED) is 0.682. The zero-order valence-corrected chi connectivity index (χ0v) is 9.04. The summed E-state index contributed by atoms with van der Waals surface area (Å²) in [5, 5.41) is 11.2. The molecule has 0 aromatic heterocycles. The first-order chi connectivity index (χ1) is 6.47. The van der Waals surface area contributed by atoms with E-state index in [0.29, 0.717) is 18.8 Å². The van der Waals surface area contributed by atoms with E-state index in [-0.39, 0.29) is 5.91 Å². The van der Waals surface area contributed by atoms with Crippen LogP contribution in [-0.2, 0) is 9.59 Å². The second-order valence-corrected chi connectivity index (χ2v) is 3.80. The summed E-state index contributed by atoms with van der Waals surface area (Å²) < 4.78 is 0. The van der Waals surface area contributed by atoms with E-state index in [1.54, 1.807) is 6.92 Å². The third-order valence-corrected chi connectivity index (χ3v) is 1.99. The highest BCUT2D eigenvalue weighted by atomic mass is 16.4. The standard InChI is InChI=1S/C10H19NO3/c1-4-8(10(13)14)11-9(12)6-5-7(2)3/h7-8H,4-6H2,1-3H3,(H,11,12)(H,13,14)/t8-/m0/s1. The maximum atomic E-state index is 11.2. The van der Waals surface area contributed by atoms with Crippen LogP contribution in [0.25, 0.3) is 0 Å². The summed E-state index contributed by atoms with van der Waals surface area (Å²) in [5.74, 6) is -0.677. The minimum Gasteiger partial charge on any atom is -0.480 e. The first kappa shape index (κ1) is 12.9. The van der Waals surface area contributed by atoms with Crippen molar-refractivity contribution in [2.45, 2.75) is 46.1 Å². The molecule has 0 spiro atoms. The van der Waals surface area contributed by atoms with Gasteiger partial charge in [-0.25, -0.2) is 4.79 Å². The molecule has 1 atom stereocenters. The fourth-order valence-electron chi connectivity index (χ4n) is 1.02. The molecule has 0 aliphatic heterocycles. The molecular formula is C10H19NO3. The van der Waals surface area contributed by atoms with Gasteiger partial charge in [-0.1, -0.05) is 20.8 Å². The third-order valence-electron chi connectivity index (χ3n) is 1.99. The Morgan fingerprint density at radius 2 is 1.93 bits per heavy atom. The Balaban J connectivity index is 3.85. The van der Waals surface area contributed by atoms with Crippen LogP contribution in [0.4, 0.5) is 0 Å². The van der Waals surface area contributed by atoms with Crippen molar-refractivity contribution in [2.75, 3.05) is 0 Å². The van der Waals surface area contributed by atoms with Gasteiger partial charge in [0.05, 0.1) is 0 Å². The van der Waals surface area contributed by atoms with Crippen LogP contribution < -0.4 is 5.32 Å². The Labute approximate surface area is 84.7 Å². The van der Waals surface area contributed by atoms with Gasteiger partial charge in [-0.3, -0.25) is 4.79 Å². The largest absolute Gasteiger partial charge is 0.480 e. The SMILES string of the molecule is CC[C@H](NC(=O)CCC(C)C)C(=O)O. The molecule has 0 aromatic carbocycles. The molecule has 2 N–H and O–H groups in total. The van der Waals surface area contributed by atoms with Crippen LogP contribution in [-0.4, -0.2) is 23.0 Å². The molecule has 82 valence electrons. The van der Waals surface area contributed by atoms with Crippen LogP contribution >= 0.6 is 0 Å². The average molecular weight is 201 g/mol. The first-order valence-electron chi connectivity index (χ1n) is 4.99. The van der Waals surface area contributed by atoms with Crippen molar-refractivity contribution in [3.63, 3.8) is 0 Å². The number of carboxylic acids is 1. The summed E-state index contributed by atoms with van der Waals surface area (Å²) in [4.78, 5) is 21.8. The van der Waals surface area contributed by atoms with E-state index in [1.807, 2.05) is 13.8 Å². The van der Waals surface area contributed by atoms with Gasteiger partial charge >= 0.3 is 5.97 Å². The van der Waals surface area contributed by atoms with E-state index in [0.717, 1.165) is 6.42 Å². The normalized spacial score (nSPS) is 12.6. The predicted molar refractivity (Wildman–Crippen MR) is 53.9 cm³/mol. The molecule has 0 saturated heterocycles. The molecule has 0 unspecified atom stereocenters. The van der Waals surface area contributed by atoms with Gasteiger partial charge in [-0.05, 0) is 18.8 Å². The number of hydrogen-bond acceptors (Lipinski definition) is 2.